The molecule has 66 valence electrons. The van der Waals surface area contributed by atoms with E-state index in [1.54, 1.807) is 0 Å². The number of carboxylic acid groups (broad SMARTS) is 1. The van der Waals surface area contributed by atoms with Crippen molar-refractivity contribution in [1.29, 1.82) is 0 Å². The first-order valence-corrected chi connectivity index (χ1v) is 8.32. The van der Waals surface area contributed by atoms with E-state index in [1.807, 2.05) is 0 Å². The molecule has 0 rings (SSSR count). The van der Waals surface area contributed by atoms with Crippen LogP contribution in [0.2, 0.25) is 25.7 Å². The Morgan fingerprint density at radius 2 is 2.00 bits per heavy atom. The highest BCUT2D eigenvalue weighted by Gasteiger charge is 2.18. The number of alkyl halides is 1. The van der Waals surface area contributed by atoms with Crippen LogP contribution in [-0.4, -0.2) is 24.0 Å². The second-order valence-electron chi connectivity index (χ2n) is 3.91. The number of carboxylic acids is 1. The van der Waals surface area contributed by atoms with Crippen LogP contribution in [0, 0.1) is 0 Å². The van der Waals surface area contributed by atoms with E-state index >= 15 is 0 Å². The van der Waals surface area contributed by atoms with Gasteiger partial charge >= 0.3 is 5.97 Å². The molecule has 0 aliphatic rings. The molecule has 1 N–H and O–H groups in total. The molecule has 1 unspecified atom stereocenters. The lowest BCUT2D eigenvalue weighted by Crippen LogP contribution is -2.23. The zero-order valence-corrected chi connectivity index (χ0v) is 9.81. The molecule has 0 aromatic rings. The van der Waals surface area contributed by atoms with Crippen molar-refractivity contribution in [3.8, 4) is 0 Å². The number of hydrogen-bond acceptors (Lipinski definition) is 1. The number of halogens is 1. The van der Waals surface area contributed by atoms with Crippen molar-refractivity contribution in [2.45, 2.75) is 36.9 Å². The van der Waals surface area contributed by atoms with Crippen LogP contribution in [0.15, 0.2) is 0 Å². The maximum atomic E-state index is 10.4. The Bertz CT molecular complexity index is 142. The SMILES string of the molecule is C[Si](C)(C)CCC(Br)C(=O)O. The Balaban J connectivity index is 3.63. The fourth-order valence-corrected chi connectivity index (χ4v) is 2.49. The van der Waals surface area contributed by atoms with Crippen molar-refractivity contribution in [3.05, 3.63) is 0 Å². The average Bonchev–Trinajstić information content (AvgIpc) is 1.80. The van der Waals surface area contributed by atoms with E-state index in [4.69, 9.17) is 5.11 Å². The summed E-state index contributed by atoms with van der Waals surface area (Å²) in [7, 11) is -1.06. The summed E-state index contributed by atoms with van der Waals surface area (Å²) in [6, 6.07) is 1.06. The van der Waals surface area contributed by atoms with Crippen molar-refractivity contribution < 1.29 is 9.90 Å². The normalized spacial score (nSPS) is 14.5. The van der Waals surface area contributed by atoms with Gasteiger partial charge in [0.2, 0.25) is 0 Å². The van der Waals surface area contributed by atoms with Crippen LogP contribution >= 0.6 is 15.9 Å². The van der Waals surface area contributed by atoms with Crippen LogP contribution in [0.4, 0.5) is 0 Å². The molecule has 0 aromatic heterocycles. The zero-order chi connectivity index (χ0) is 9.07. The van der Waals surface area contributed by atoms with E-state index in [9.17, 15) is 4.79 Å². The molecule has 0 amide bonds. The minimum absolute atomic E-state index is 0.353. The maximum absolute atomic E-state index is 10.4. The smallest absolute Gasteiger partial charge is 0.317 e. The lowest BCUT2D eigenvalue weighted by atomic mass is 10.3. The molecule has 0 fully saturated rings. The third kappa shape index (κ3) is 6.56. The quantitative estimate of drug-likeness (QED) is 0.604. The van der Waals surface area contributed by atoms with Gasteiger partial charge in [0.15, 0.2) is 0 Å². The molecule has 0 saturated heterocycles. The summed E-state index contributed by atoms with van der Waals surface area (Å²) in [5, 5.41) is 8.55. The van der Waals surface area contributed by atoms with E-state index < -0.39 is 14.0 Å². The summed E-state index contributed by atoms with van der Waals surface area (Å²) in [5.74, 6) is -0.747. The Morgan fingerprint density at radius 3 is 2.27 bits per heavy atom. The van der Waals surface area contributed by atoms with E-state index in [0.29, 0.717) is 0 Å². The Morgan fingerprint density at radius 1 is 1.55 bits per heavy atom. The summed E-state index contributed by atoms with van der Waals surface area (Å²) in [6.07, 6.45) is 0.755. The average molecular weight is 239 g/mol. The first-order valence-electron chi connectivity index (χ1n) is 3.70. The van der Waals surface area contributed by atoms with Crippen LogP contribution in [0.3, 0.4) is 0 Å². The Hall–Kier alpha value is 0.167. The van der Waals surface area contributed by atoms with Gasteiger partial charge in [-0.25, -0.2) is 0 Å². The summed E-state index contributed by atoms with van der Waals surface area (Å²) in [5.41, 5.74) is 0. The van der Waals surface area contributed by atoms with E-state index in [0.717, 1.165) is 12.5 Å². The molecule has 0 spiro atoms. The zero-order valence-electron chi connectivity index (χ0n) is 7.22. The second kappa shape index (κ2) is 4.26. The lowest BCUT2D eigenvalue weighted by Gasteiger charge is -2.15. The van der Waals surface area contributed by atoms with Gasteiger partial charge in [-0.3, -0.25) is 4.79 Å². The number of aliphatic carboxylic acids is 1. The lowest BCUT2D eigenvalue weighted by molar-refractivity contribution is -0.136. The molecule has 0 bridgehead atoms. The van der Waals surface area contributed by atoms with Gasteiger partial charge in [-0.2, -0.15) is 0 Å². The Kier molecular flexibility index (Phi) is 4.32. The third-order valence-electron chi connectivity index (χ3n) is 1.42. The summed E-state index contributed by atoms with van der Waals surface area (Å²) in [4.78, 5) is 10.0. The summed E-state index contributed by atoms with van der Waals surface area (Å²) < 4.78 is 0. The van der Waals surface area contributed by atoms with Gasteiger partial charge in [0, 0.05) is 8.07 Å². The van der Waals surface area contributed by atoms with E-state index in [1.165, 1.54) is 0 Å². The van der Waals surface area contributed by atoms with Crippen LogP contribution in [0.25, 0.3) is 0 Å². The van der Waals surface area contributed by atoms with Crippen molar-refractivity contribution in [2.24, 2.45) is 0 Å². The molecule has 0 aliphatic carbocycles. The highest BCUT2D eigenvalue weighted by atomic mass is 79.9. The largest absolute Gasteiger partial charge is 0.480 e. The number of carbonyl (C=O) groups is 1. The predicted octanol–water partition coefficient (Wildman–Crippen LogP) is 2.56. The van der Waals surface area contributed by atoms with E-state index in [-0.39, 0.29) is 4.83 Å². The second-order valence-corrected chi connectivity index (χ2v) is 10.6. The van der Waals surface area contributed by atoms with Gasteiger partial charge in [0.05, 0.1) is 0 Å². The van der Waals surface area contributed by atoms with Crippen LogP contribution in [-0.2, 0) is 4.79 Å². The van der Waals surface area contributed by atoms with E-state index in [2.05, 4.69) is 35.6 Å². The van der Waals surface area contributed by atoms with Gasteiger partial charge in [0.1, 0.15) is 4.83 Å². The maximum Gasteiger partial charge on any atom is 0.317 e. The molecule has 1 atom stereocenters. The molecular weight excluding hydrogens is 224 g/mol. The highest BCUT2D eigenvalue weighted by molar-refractivity contribution is 9.10. The molecule has 0 heterocycles. The van der Waals surface area contributed by atoms with Crippen LogP contribution in [0.1, 0.15) is 6.42 Å². The fraction of sp³-hybridized carbons (Fsp3) is 0.857. The molecule has 11 heavy (non-hydrogen) atoms. The standard InChI is InChI=1S/C7H15BrO2Si/c1-11(2,3)5-4-6(8)7(9)10/h6H,4-5H2,1-3H3,(H,9,10). The summed E-state index contributed by atoms with van der Waals surface area (Å²) in [6.45, 7) is 6.73. The highest BCUT2D eigenvalue weighted by Crippen LogP contribution is 2.16. The topological polar surface area (TPSA) is 37.3 Å². The van der Waals surface area contributed by atoms with Gasteiger partial charge < -0.3 is 5.11 Å². The minimum Gasteiger partial charge on any atom is -0.480 e. The van der Waals surface area contributed by atoms with Gasteiger partial charge in [-0.1, -0.05) is 41.6 Å². The molecular formula is C7H15BrO2Si. The number of rotatable bonds is 4. The molecule has 0 saturated carbocycles. The molecule has 2 nitrogen and oxygen atoms in total. The fourth-order valence-electron chi connectivity index (χ4n) is 0.683. The Labute approximate surface area is 77.1 Å². The summed E-state index contributed by atoms with van der Waals surface area (Å²) >= 11 is 3.12. The van der Waals surface area contributed by atoms with Gasteiger partial charge in [-0.05, 0) is 6.42 Å². The molecule has 0 radical (unpaired) electrons. The first kappa shape index (κ1) is 11.2. The minimum atomic E-state index is -1.06. The monoisotopic (exact) mass is 238 g/mol. The predicted molar refractivity (Wildman–Crippen MR) is 53.1 cm³/mol. The van der Waals surface area contributed by atoms with Crippen molar-refractivity contribution in [3.63, 3.8) is 0 Å². The molecule has 4 heteroatoms. The first-order chi connectivity index (χ1) is 4.83. The van der Waals surface area contributed by atoms with Crippen molar-refractivity contribution >= 4 is 30.0 Å². The molecule has 0 aromatic carbocycles. The van der Waals surface area contributed by atoms with Gasteiger partial charge in [0.25, 0.3) is 0 Å². The third-order valence-corrected chi connectivity index (χ3v) is 4.05. The van der Waals surface area contributed by atoms with Gasteiger partial charge in [-0.15, -0.1) is 0 Å². The molecule has 0 aliphatic heterocycles. The van der Waals surface area contributed by atoms with Crippen molar-refractivity contribution in [2.75, 3.05) is 0 Å². The van der Waals surface area contributed by atoms with Crippen LogP contribution < -0.4 is 0 Å². The van der Waals surface area contributed by atoms with Crippen LogP contribution in [0.5, 0.6) is 0 Å². The van der Waals surface area contributed by atoms with Crippen molar-refractivity contribution in [1.82, 2.24) is 0 Å². The number of hydrogen-bond donors (Lipinski definition) is 1.